The third-order valence-electron chi connectivity index (χ3n) is 2.84. The van der Waals surface area contributed by atoms with Crippen LogP contribution >= 0.6 is 12.2 Å². The number of ether oxygens (including phenoxy) is 1. The van der Waals surface area contributed by atoms with Crippen LogP contribution in [-0.4, -0.2) is 46.0 Å². The number of thiocarbonyl (C=S) groups is 1. The van der Waals surface area contributed by atoms with Crippen molar-refractivity contribution in [3.8, 4) is 0 Å². The number of nitrogens with one attached hydrogen (secondary N) is 1. The zero-order chi connectivity index (χ0) is 13.8. The molecule has 0 atom stereocenters. The minimum Gasteiger partial charge on any atom is -0.385 e. The summed E-state index contributed by atoms with van der Waals surface area (Å²) < 4.78 is 6.67. The monoisotopic (exact) mass is 280 g/mol. The van der Waals surface area contributed by atoms with Crippen molar-refractivity contribution in [3.05, 3.63) is 23.7 Å². The molecule has 0 aliphatic carbocycles. The molecule has 6 nitrogen and oxygen atoms in total. The van der Waals surface area contributed by atoms with Gasteiger partial charge in [-0.05, 0) is 30.8 Å². The lowest BCUT2D eigenvalue weighted by Crippen LogP contribution is -2.32. The van der Waals surface area contributed by atoms with Gasteiger partial charge < -0.3 is 10.1 Å². The highest BCUT2D eigenvalue weighted by molar-refractivity contribution is 7.80. The van der Waals surface area contributed by atoms with Crippen LogP contribution < -0.4 is 5.32 Å². The molecule has 0 radical (unpaired) electrons. The van der Waals surface area contributed by atoms with Crippen LogP contribution in [0, 0.1) is 0 Å². The summed E-state index contributed by atoms with van der Waals surface area (Å²) in [6, 6.07) is 1.83. The number of hydrogen-bond acceptors (Lipinski definition) is 4. The maximum atomic E-state index is 12.2. The summed E-state index contributed by atoms with van der Waals surface area (Å²) in [7, 11) is 3.45. The maximum absolute atomic E-state index is 12.2. The fourth-order valence-electron chi connectivity index (χ4n) is 1.82. The van der Waals surface area contributed by atoms with E-state index in [2.05, 4.69) is 10.4 Å². The van der Waals surface area contributed by atoms with Gasteiger partial charge in [0.05, 0.1) is 5.69 Å². The predicted octanol–water partition coefficient (Wildman–Crippen LogP) is 0.514. The molecule has 0 bridgehead atoms. The van der Waals surface area contributed by atoms with Crippen LogP contribution in [0.4, 0.5) is 0 Å². The Balaban J connectivity index is 2.09. The molecule has 2 rings (SSSR count). The molecule has 1 fully saturated rings. The number of aromatic nitrogens is 2. The Bertz CT molecular complexity index is 524. The van der Waals surface area contributed by atoms with E-state index in [1.807, 2.05) is 13.1 Å². The molecule has 1 amide bonds. The molecule has 2 heterocycles. The molecule has 1 saturated heterocycles. The van der Waals surface area contributed by atoms with Gasteiger partial charge in [-0.25, -0.2) is 0 Å². The first-order valence-electron chi connectivity index (χ1n) is 5.95. The van der Waals surface area contributed by atoms with E-state index >= 15 is 0 Å². The SMILES string of the molecule is COCCCN1C(=O)/C(=C\c2ccnn2C)NC1=S. The van der Waals surface area contributed by atoms with E-state index in [0.717, 1.165) is 12.1 Å². The Labute approximate surface area is 117 Å². The molecular formula is C12H16N4O2S. The minimum absolute atomic E-state index is 0.109. The zero-order valence-electron chi connectivity index (χ0n) is 10.9. The summed E-state index contributed by atoms with van der Waals surface area (Å²) >= 11 is 5.16. The molecule has 0 saturated carbocycles. The standard InChI is InChI=1S/C12H16N4O2S/c1-15-9(4-5-13-15)8-10-11(17)16(12(19)14-10)6-3-7-18-2/h4-5,8H,3,6-7H2,1-2H3,(H,14,19)/b10-8+. The average Bonchev–Trinajstić information content (AvgIpc) is 2.89. The molecule has 1 aromatic heterocycles. The highest BCUT2D eigenvalue weighted by atomic mass is 32.1. The Hall–Kier alpha value is -1.73. The Morgan fingerprint density at radius 2 is 2.37 bits per heavy atom. The quantitative estimate of drug-likeness (QED) is 0.484. The third-order valence-corrected chi connectivity index (χ3v) is 3.17. The lowest BCUT2D eigenvalue weighted by Gasteiger charge is -2.12. The molecule has 102 valence electrons. The summed E-state index contributed by atoms with van der Waals surface area (Å²) in [5, 5.41) is 7.42. The highest BCUT2D eigenvalue weighted by Gasteiger charge is 2.30. The number of amides is 1. The number of carbonyl (C=O) groups is 1. The number of rotatable bonds is 5. The largest absolute Gasteiger partial charge is 0.385 e. The van der Waals surface area contributed by atoms with E-state index < -0.39 is 0 Å². The summed E-state index contributed by atoms with van der Waals surface area (Å²) in [5.74, 6) is -0.109. The Morgan fingerprint density at radius 1 is 1.58 bits per heavy atom. The number of hydrogen-bond donors (Lipinski definition) is 1. The summed E-state index contributed by atoms with van der Waals surface area (Å²) in [5.41, 5.74) is 1.32. The third kappa shape index (κ3) is 2.99. The normalized spacial score (nSPS) is 17.4. The van der Waals surface area contributed by atoms with Gasteiger partial charge in [-0.1, -0.05) is 0 Å². The average molecular weight is 280 g/mol. The smallest absolute Gasteiger partial charge is 0.276 e. The molecule has 0 unspecified atom stereocenters. The summed E-state index contributed by atoms with van der Waals surface area (Å²) in [6.07, 6.45) is 4.18. The lowest BCUT2D eigenvalue weighted by atomic mass is 10.3. The Morgan fingerprint density at radius 3 is 3.00 bits per heavy atom. The van der Waals surface area contributed by atoms with E-state index in [-0.39, 0.29) is 5.91 Å². The molecule has 19 heavy (non-hydrogen) atoms. The zero-order valence-corrected chi connectivity index (χ0v) is 11.7. The van der Waals surface area contributed by atoms with E-state index in [1.54, 1.807) is 29.0 Å². The van der Waals surface area contributed by atoms with Crippen LogP contribution in [0.5, 0.6) is 0 Å². The molecule has 0 aromatic carbocycles. The van der Waals surface area contributed by atoms with E-state index in [4.69, 9.17) is 17.0 Å². The van der Waals surface area contributed by atoms with Gasteiger partial charge in [-0.3, -0.25) is 14.4 Å². The molecule has 0 spiro atoms. The highest BCUT2D eigenvalue weighted by Crippen LogP contribution is 2.14. The van der Waals surface area contributed by atoms with Crippen molar-refractivity contribution in [1.82, 2.24) is 20.0 Å². The molecule has 1 aromatic rings. The molecule has 1 aliphatic heterocycles. The summed E-state index contributed by atoms with van der Waals surface area (Å²) in [4.78, 5) is 13.7. The predicted molar refractivity (Wildman–Crippen MR) is 75.1 cm³/mol. The summed E-state index contributed by atoms with van der Waals surface area (Å²) in [6.45, 7) is 1.16. The van der Waals surface area contributed by atoms with Gasteiger partial charge >= 0.3 is 0 Å². The van der Waals surface area contributed by atoms with Gasteiger partial charge in [0.2, 0.25) is 0 Å². The van der Waals surface area contributed by atoms with Gasteiger partial charge in [0, 0.05) is 33.5 Å². The van der Waals surface area contributed by atoms with E-state index in [9.17, 15) is 4.79 Å². The minimum atomic E-state index is -0.109. The second-order valence-corrected chi connectivity index (χ2v) is 4.56. The molecule has 1 aliphatic rings. The van der Waals surface area contributed by atoms with Gasteiger partial charge in [0.15, 0.2) is 5.11 Å². The second-order valence-electron chi connectivity index (χ2n) is 4.17. The van der Waals surface area contributed by atoms with Crippen molar-refractivity contribution in [1.29, 1.82) is 0 Å². The first-order chi connectivity index (χ1) is 9.13. The molecule has 7 heteroatoms. The first kappa shape index (κ1) is 13.7. The van der Waals surface area contributed by atoms with E-state index in [1.165, 1.54) is 0 Å². The fourth-order valence-corrected chi connectivity index (χ4v) is 2.10. The Kier molecular flexibility index (Phi) is 4.28. The van der Waals surface area contributed by atoms with Gasteiger partial charge in [-0.2, -0.15) is 5.10 Å². The van der Waals surface area contributed by atoms with E-state index in [0.29, 0.717) is 24.0 Å². The molecule has 1 N–H and O–H groups in total. The van der Waals surface area contributed by atoms with Crippen LogP contribution in [0.15, 0.2) is 18.0 Å². The number of carbonyl (C=O) groups excluding carboxylic acids is 1. The first-order valence-corrected chi connectivity index (χ1v) is 6.36. The van der Waals surface area contributed by atoms with Gasteiger partial charge in [-0.15, -0.1) is 0 Å². The van der Waals surface area contributed by atoms with Crippen LogP contribution in [0.2, 0.25) is 0 Å². The van der Waals surface area contributed by atoms with Gasteiger partial charge in [0.1, 0.15) is 5.70 Å². The lowest BCUT2D eigenvalue weighted by molar-refractivity contribution is -0.122. The van der Waals surface area contributed by atoms with Crippen molar-refractivity contribution in [2.75, 3.05) is 20.3 Å². The van der Waals surface area contributed by atoms with Crippen LogP contribution in [0.3, 0.4) is 0 Å². The maximum Gasteiger partial charge on any atom is 0.276 e. The van der Waals surface area contributed by atoms with Crippen molar-refractivity contribution in [2.24, 2.45) is 7.05 Å². The second kappa shape index (κ2) is 5.94. The number of aryl methyl sites for hydroxylation is 1. The number of nitrogens with zero attached hydrogens (tertiary/aromatic N) is 3. The van der Waals surface area contributed by atoms with Crippen molar-refractivity contribution in [2.45, 2.75) is 6.42 Å². The van der Waals surface area contributed by atoms with Crippen LogP contribution in [0.25, 0.3) is 6.08 Å². The van der Waals surface area contributed by atoms with Crippen molar-refractivity contribution in [3.63, 3.8) is 0 Å². The fraction of sp³-hybridized carbons (Fsp3) is 0.417. The molecular weight excluding hydrogens is 264 g/mol. The van der Waals surface area contributed by atoms with Crippen molar-refractivity contribution >= 4 is 29.3 Å². The van der Waals surface area contributed by atoms with Crippen LogP contribution in [-0.2, 0) is 16.6 Å². The van der Waals surface area contributed by atoms with Crippen molar-refractivity contribution < 1.29 is 9.53 Å². The van der Waals surface area contributed by atoms with Gasteiger partial charge in [0.25, 0.3) is 5.91 Å². The topological polar surface area (TPSA) is 59.4 Å². The van der Waals surface area contributed by atoms with Crippen LogP contribution in [0.1, 0.15) is 12.1 Å². The number of methoxy groups -OCH3 is 1.